The van der Waals surface area contributed by atoms with Crippen LogP contribution in [0, 0.1) is 6.07 Å². The third kappa shape index (κ3) is 4.17. The van der Waals surface area contributed by atoms with Gasteiger partial charge in [0.05, 0.1) is 19.2 Å². The molecule has 0 bridgehead atoms. The lowest BCUT2D eigenvalue weighted by molar-refractivity contribution is 0.221. The smallest absolute Gasteiger partial charge is 0.169 e. The second kappa shape index (κ2) is 8.59. The number of fused-ring (bicyclic) bond motifs is 1. The summed E-state index contributed by atoms with van der Waals surface area (Å²) >= 11 is 1.62. The third-order valence-electron chi connectivity index (χ3n) is 4.89. The highest BCUT2D eigenvalue weighted by molar-refractivity contribution is 7.11. The first-order valence-corrected chi connectivity index (χ1v) is 10.1. The summed E-state index contributed by atoms with van der Waals surface area (Å²) in [5, 5.41) is 2.58. The molecule has 1 aliphatic heterocycles. The van der Waals surface area contributed by atoms with Crippen LogP contribution in [0.3, 0.4) is 0 Å². The maximum atomic E-state index is 5.82. The van der Waals surface area contributed by atoms with Gasteiger partial charge in [-0.15, -0.1) is 0 Å². The quantitative estimate of drug-likeness (QED) is 0.583. The van der Waals surface area contributed by atoms with Gasteiger partial charge in [-0.3, -0.25) is 4.90 Å². The molecule has 0 spiro atoms. The zero-order valence-corrected chi connectivity index (χ0v) is 16.4. The number of aromatic nitrogens is 1. The average molecular weight is 383 g/mol. The Balaban J connectivity index is 1.23. The van der Waals surface area contributed by atoms with Crippen molar-refractivity contribution in [3.63, 3.8) is 0 Å². The van der Waals surface area contributed by atoms with Gasteiger partial charge in [-0.25, -0.2) is 0 Å². The van der Waals surface area contributed by atoms with E-state index in [0.29, 0.717) is 12.4 Å². The second-order valence-corrected chi connectivity index (χ2v) is 7.36. The van der Waals surface area contributed by atoms with E-state index >= 15 is 0 Å². The van der Waals surface area contributed by atoms with Crippen LogP contribution in [0.2, 0.25) is 0 Å². The summed E-state index contributed by atoms with van der Waals surface area (Å²) < 4.78 is 15.7. The molecule has 0 amide bonds. The van der Waals surface area contributed by atoms with Gasteiger partial charge in [-0.05, 0) is 36.2 Å². The number of methoxy groups -OCH3 is 1. The molecule has 27 heavy (non-hydrogen) atoms. The van der Waals surface area contributed by atoms with Crippen LogP contribution in [0.1, 0.15) is 6.42 Å². The van der Waals surface area contributed by atoms with Gasteiger partial charge in [0, 0.05) is 44.2 Å². The van der Waals surface area contributed by atoms with Gasteiger partial charge < -0.3 is 14.4 Å². The Morgan fingerprint density at radius 2 is 1.96 bits per heavy atom. The molecule has 0 atom stereocenters. The number of benzene rings is 2. The fraction of sp³-hybridized carbons (Fsp3) is 0.381. The molecular formula is C21H24N3O2S. The number of anilines is 1. The lowest BCUT2D eigenvalue weighted by Crippen LogP contribution is -2.46. The molecule has 1 saturated heterocycles. The Morgan fingerprint density at radius 1 is 1.11 bits per heavy atom. The van der Waals surface area contributed by atoms with Crippen LogP contribution in [0.5, 0.6) is 11.5 Å². The number of ether oxygens (including phenoxy) is 2. The molecule has 0 N–H and O–H groups in total. The number of rotatable bonds is 7. The standard InChI is InChI=1S/C21H24N3O2S/c1-25-19-9-4-5-10-20(19)26-16-6-11-23-12-14-24(15-13-23)21-17-7-2-3-8-18(17)22-27-21/h2-5,7-9H,6,11-16H2,1H3. The largest absolute Gasteiger partial charge is 0.493 e. The van der Waals surface area contributed by atoms with Gasteiger partial charge >= 0.3 is 0 Å². The molecule has 3 aromatic rings. The molecule has 0 aliphatic carbocycles. The van der Waals surface area contributed by atoms with E-state index in [-0.39, 0.29) is 0 Å². The van der Waals surface area contributed by atoms with Crippen LogP contribution in [0.25, 0.3) is 10.9 Å². The molecule has 2 aromatic carbocycles. The van der Waals surface area contributed by atoms with Gasteiger partial charge in [-0.1, -0.05) is 24.3 Å². The van der Waals surface area contributed by atoms with Gasteiger partial charge in [0.15, 0.2) is 11.5 Å². The predicted octanol–water partition coefficient (Wildman–Crippen LogP) is 3.70. The van der Waals surface area contributed by atoms with Gasteiger partial charge in [0.25, 0.3) is 0 Å². The van der Waals surface area contributed by atoms with Crippen LogP contribution >= 0.6 is 11.5 Å². The molecule has 1 aromatic heterocycles. The van der Waals surface area contributed by atoms with E-state index in [1.54, 1.807) is 18.6 Å². The summed E-state index contributed by atoms with van der Waals surface area (Å²) in [4.78, 5) is 4.98. The fourth-order valence-corrected chi connectivity index (χ4v) is 4.33. The zero-order valence-electron chi connectivity index (χ0n) is 15.6. The fourth-order valence-electron chi connectivity index (χ4n) is 3.42. The number of nitrogens with zero attached hydrogens (tertiary/aromatic N) is 3. The first-order chi connectivity index (χ1) is 13.3. The van der Waals surface area contributed by atoms with Gasteiger partial charge in [0.2, 0.25) is 0 Å². The van der Waals surface area contributed by atoms with Crippen molar-refractivity contribution in [2.75, 3.05) is 51.3 Å². The Morgan fingerprint density at radius 3 is 2.81 bits per heavy atom. The Hall–Kier alpha value is -2.31. The van der Waals surface area contributed by atoms with Crippen molar-refractivity contribution in [3.05, 3.63) is 48.5 Å². The molecule has 5 nitrogen and oxygen atoms in total. The third-order valence-corrected chi connectivity index (χ3v) is 5.83. The van der Waals surface area contributed by atoms with Crippen molar-refractivity contribution in [1.82, 2.24) is 9.27 Å². The SMILES string of the molecule is COc1ccc[c]c1OCCCN1CCN(c2snc3ccccc23)CC1. The molecule has 2 heterocycles. The van der Waals surface area contributed by atoms with Crippen LogP contribution in [0.4, 0.5) is 5.00 Å². The minimum absolute atomic E-state index is 0.677. The molecular weight excluding hydrogens is 358 g/mol. The molecule has 0 saturated carbocycles. The second-order valence-electron chi connectivity index (χ2n) is 6.60. The van der Waals surface area contributed by atoms with E-state index < -0.39 is 0 Å². The van der Waals surface area contributed by atoms with Crippen molar-refractivity contribution in [3.8, 4) is 11.5 Å². The lowest BCUT2D eigenvalue weighted by Gasteiger charge is -2.35. The van der Waals surface area contributed by atoms with E-state index in [1.165, 1.54) is 10.4 Å². The first kappa shape index (κ1) is 18.1. The van der Waals surface area contributed by atoms with E-state index in [2.05, 4.69) is 44.5 Å². The van der Waals surface area contributed by atoms with E-state index in [9.17, 15) is 0 Å². The monoisotopic (exact) mass is 382 g/mol. The predicted molar refractivity (Wildman–Crippen MR) is 110 cm³/mol. The van der Waals surface area contributed by atoms with Gasteiger partial charge in [-0.2, -0.15) is 4.37 Å². The summed E-state index contributed by atoms with van der Waals surface area (Å²) in [6.45, 7) is 5.98. The maximum absolute atomic E-state index is 5.82. The highest BCUT2D eigenvalue weighted by Crippen LogP contribution is 2.31. The molecule has 0 unspecified atom stereocenters. The number of piperazine rings is 1. The zero-order chi connectivity index (χ0) is 18.5. The van der Waals surface area contributed by atoms with Crippen LogP contribution < -0.4 is 14.4 Å². The highest BCUT2D eigenvalue weighted by atomic mass is 32.1. The number of hydrogen-bond acceptors (Lipinski definition) is 6. The number of para-hydroxylation sites is 1. The Labute approximate surface area is 164 Å². The van der Waals surface area contributed by atoms with Gasteiger partial charge in [0.1, 0.15) is 5.00 Å². The Kier molecular flexibility index (Phi) is 5.75. The molecule has 1 aliphatic rings. The van der Waals surface area contributed by atoms with E-state index in [0.717, 1.165) is 50.4 Å². The topological polar surface area (TPSA) is 37.8 Å². The summed E-state index contributed by atoms with van der Waals surface area (Å²) in [6.07, 6.45) is 0.995. The normalized spacial score (nSPS) is 15.2. The molecule has 1 radical (unpaired) electrons. The Bertz CT molecular complexity index is 874. The van der Waals surface area contributed by atoms with Crippen LogP contribution in [-0.4, -0.2) is 55.7 Å². The van der Waals surface area contributed by atoms with Crippen molar-refractivity contribution in [2.45, 2.75) is 6.42 Å². The van der Waals surface area contributed by atoms with E-state index in [4.69, 9.17) is 9.47 Å². The lowest BCUT2D eigenvalue weighted by atomic mass is 10.2. The first-order valence-electron chi connectivity index (χ1n) is 9.34. The molecule has 6 heteroatoms. The molecule has 1 fully saturated rings. The minimum Gasteiger partial charge on any atom is -0.493 e. The van der Waals surface area contributed by atoms with Crippen molar-refractivity contribution < 1.29 is 9.47 Å². The van der Waals surface area contributed by atoms with Crippen LogP contribution in [0.15, 0.2) is 42.5 Å². The summed E-state index contributed by atoms with van der Waals surface area (Å²) in [5.41, 5.74) is 1.10. The summed E-state index contributed by atoms with van der Waals surface area (Å²) in [7, 11) is 1.65. The van der Waals surface area contributed by atoms with Crippen molar-refractivity contribution in [1.29, 1.82) is 0 Å². The number of hydrogen-bond donors (Lipinski definition) is 0. The summed E-state index contributed by atoms with van der Waals surface area (Å²) in [6, 6.07) is 17.1. The van der Waals surface area contributed by atoms with Crippen LogP contribution in [-0.2, 0) is 0 Å². The maximum Gasteiger partial charge on any atom is 0.169 e. The molecule has 4 rings (SSSR count). The van der Waals surface area contributed by atoms with Crippen molar-refractivity contribution in [2.24, 2.45) is 0 Å². The summed E-state index contributed by atoms with van der Waals surface area (Å²) in [5.74, 6) is 1.43. The highest BCUT2D eigenvalue weighted by Gasteiger charge is 2.20. The van der Waals surface area contributed by atoms with E-state index in [1.807, 2.05) is 18.2 Å². The minimum atomic E-state index is 0.677. The average Bonchev–Trinajstić information content (AvgIpc) is 3.16. The van der Waals surface area contributed by atoms with Crippen molar-refractivity contribution >= 4 is 27.4 Å². The molecule has 141 valence electrons.